The van der Waals surface area contributed by atoms with Crippen LogP contribution in [0.15, 0.2) is 82.6 Å². The van der Waals surface area contributed by atoms with Gasteiger partial charge in [-0.3, -0.25) is 14.6 Å². The van der Waals surface area contributed by atoms with E-state index in [1.54, 1.807) is 49.0 Å². The van der Waals surface area contributed by atoms with Gasteiger partial charge < -0.3 is 14.8 Å². The highest BCUT2D eigenvalue weighted by Crippen LogP contribution is 2.36. The molecule has 0 fully saturated rings. The lowest BCUT2D eigenvalue weighted by Gasteiger charge is -2.15. The monoisotopic (exact) mass is 617 g/mol. The van der Waals surface area contributed by atoms with Crippen molar-refractivity contribution in [1.82, 2.24) is 15.3 Å². The van der Waals surface area contributed by atoms with Crippen LogP contribution in [0, 0.1) is 0 Å². The molecule has 4 aromatic rings. The molecule has 1 aliphatic rings. The van der Waals surface area contributed by atoms with E-state index in [0.717, 1.165) is 53.8 Å². The number of hydrogen-bond donors (Lipinski definition) is 3. The van der Waals surface area contributed by atoms with E-state index in [0.29, 0.717) is 31.3 Å². The van der Waals surface area contributed by atoms with E-state index >= 15 is 0 Å². The normalized spacial score (nSPS) is 13.6. The summed E-state index contributed by atoms with van der Waals surface area (Å²) in [5.74, 6) is 0. The van der Waals surface area contributed by atoms with Crippen LogP contribution in [0.3, 0.4) is 0 Å². The first-order chi connectivity index (χ1) is 21.4. The summed E-state index contributed by atoms with van der Waals surface area (Å²) in [5.41, 5.74) is 5.21. The number of nitrogens with one attached hydrogen (secondary N) is 2. The largest absolute Gasteiger partial charge is 0.432 e. The summed E-state index contributed by atoms with van der Waals surface area (Å²) in [6, 6.07) is 16.8. The number of pyridine rings is 1. The standard InChI is InChI=1S/C34H43N5O4S/c1-2-3-4-5-6-7-10-30-25-43-34(37-30)39-21-18-27-22-31(15-16-32(27)39)44(41,42)38-29-13-11-26(12-14-29)17-20-36-24-33(40)28-9-8-19-35-23-28/h8-9,11-16,19,22-23,25,33,36,38,40H,2-7,10,17-18,20-21,24H2,1H3. The number of fused-ring (bicyclic) bond motifs is 1. The van der Waals surface area contributed by atoms with Crippen molar-refractivity contribution in [3.05, 3.63) is 95.6 Å². The van der Waals surface area contributed by atoms with Crippen molar-refractivity contribution in [3.8, 4) is 0 Å². The van der Waals surface area contributed by atoms with E-state index < -0.39 is 16.1 Å². The van der Waals surface area contributed by atoms with Crippen LogP contribution in [0.5, 0.6) is 0 Å². The quantitative estimate of drug-likeness (QED) is 0.118. The Bertz CT molecular complexity index is 1570. The zero-order valence-corrected chi connectivity index (χ0v) is 26.2. The second-order valence-electron chi connectivity index (χ2n) is 11.4. The molecular formula is C34H43N5O4S. The molecule has 234 valence electrons. The van der Waals surface area contributed by atoms with Gasteiger partial charge in [-0.1, -0.05) is 57.2 Å². The average molecular weight is 618 g/mol. The summed E-state index contributed by atoms with van der Waals surface area (Å²) < 4.78 is 35.0. The van der Waals surface area contributed by atoms with E-state index in [4.69, 9.17) is 9.40 Å². The van der Waals surface area contributed by atoms with Crippen molar-refractivity contribution in [3.63, 3.8) is 0 Å². The highest BCUT2D eigenvalue weighted by molar-refractivity contribution is 7.92. The summed E-state index contributed by atoms with van der Waals surface area (Å²) in [5, 5.41) is 13.5. The number of aryl methyl sites for hydroxylation is 1. The number of aromatic nitrogens is 2. The van der Waals surface area contributed by atoms with Gasteiger partial charge in [0.15, 0.2) is 0 Å². The minimum Gasteiger partial charge on any atom is -0.432 e. The Morgan fingerprint density at radius 3 is 2.64 bits per heavy atom. The zero-order chi connectivity index (χ0) is 30.8. The lowest BCUT2D eigenvalue weighted by molar-refractivity contribution is 0.174. The van der Waals surface area contributed by atoms with Crippen molar-refractivity contribution in [2.75, 3.05) is 29.3 Å². The van der Waals surface area contributed by atoms with Gasteiger partial charge in [0.1, 0.15) is 6.26 Å². The summed E-state index contributed by atoms with van der Waals surface area (Å²) in [7, 11) is -3.75. The zero-order valence-electron chi connectivity index (χ0n) is 25.4. The fourth-order valence-electron chi connectivity index (χ4n) is 5.48. The molecule has 3 N–H and O–H groups in total. The number of sulfonamides is 1. The molecule has 3 heterocycles. The van der Waals surface area contributed by atoms with Gasteiger partial charge in [0.25, 0.3) is 10.0 Å². The minimum absolute atomic E-state index is 0.231. The molecule has 9 nitrogen and oxygen atoms in total. The number of aliphatic hydroxyl groups excluding tert-OH is 1. The molecule has 44 heavy (non-hydrogen) atoms. The third-order valence-corrected chi connectivity index (χ3v) is 9.40. The molecule has 2 aromatic carbocycles. The molecule has 2 aromatic heterocycles. The van der Waals surface area contributed by atoms with E-state index in [1.807, 2.05) is 29.2 Å². The number of benzene rings is 2. The Balaban J connectivity index is 1.11. The third-order valence-electron chi connectivity index (χ3n) is 8.02. The summed E-state index contributed by atoms with van der Waals surface area (Å²) in [4.78, 5) is 11.0. The highest BCUT2D eigenvalue weighted by Gasteiger charge is 2.26. The Labute approximate surface area is 260 Å². The molecule has 1 atom stereocenters. The van der Waals surface area contributed by atoms with Gasteiger partial charge in [0.2, 0.25) is 0 Å². The second kappa shape index (κ2) is 15.3. The van der Waals surface area contributed by atoms with Crippen LogP contribution in [0.1, 0.15) is 73.9 Å². The van der Waals surface area contributed by atoms with E-state index in [-0.39, 0.29) is 4.90 Å². The van der Waals surface area contributed by atoms with Crippen LogP contribution in [0.25, 0.3) is 0 Å². The van der Waals surface area contributed by atoms with E-state index in [9.17, 15) is 13.5 Å². The van der Waals surface area contributed by atoms with Crippen LogP contribution in [-0.4, -0.2) is 43.1 Å². The fourth-order valence-corrected chi connectivity index (χ4v) is 6.59. The molecule has 0 aliphatic carbocycles. The molecule has 5 rings (SSSR count). The number of rotatable bonds is 17. The molecule has 0 saturated carbocycles. The van der Waals surface area contributed by atoms with Gasteiger partial charge in [-0.15, -0.1) is 0 Å². The van der Waals surface area contributed by atoms with Crippen molar-refractivity contribution in [1.29, 1.82) is 0 Å². The Hall–Kier alpha value is -3.73. The number of unbranched alkanes of at least 4 members (excludes halogenated alkanes) is 5. The van der Waals surface area contributed by atoms with Crippen LogP contribution >= 0.6 is 0 Å². The van der Waals surface area contributed by atoms with Crippen LogP contribution in [-0.2, 0) is 29.3 Å². The van der Waals surface area contributed by atoms with Crippen LogP contribution < -0.4 is 14.9 Å². The Morgan fingerprint density at radius 1 is 1.02 bits per heavy atom. The van der Waals surface area contributed by atoms with E-state index in [1.165, 1.54) is 32.1 Å². The van der Waals surface area contributed by atoms with Gasteiger partial charge in [-0.25, -0.2) is 8.42 Å². The summed E-state index contributed by atoms with van der Waals surface area (Å²) in [6.07, 6.45) is 14.3. The molecule has 0 radical (unpaired) electrons. The van der Waals surface area contributed by atoms with Gasteiger partial charge >= 0.3 is 6.01 Å². The van der Waals surface area contributed by atoms with Gasteiger partial charge in [-0.05, 0) is 79.8 Å². The fraction of sp³-hybridized carbons (Fsp3) is 0.412. The van der Waals surface area contributed by atoms with Gasteiger partial charge in [0.05, 0.1) is 16.7 Å². The first-order valence-electron chi connectivity index (χ1n) is 15.7. The molecule has 0 amide bonds. The van der Waals surface area contributed by atoms with Crippen LogP contribution in [0.2, 0.25) is 0 Å². The highest BCUT2D eigenvalue weighted by atomic mass is 32.2. The average Bonchev–Trinajstić information content (AvgIpc) is 3.69. The number of oxazole rings is 1. The molecule has 0 spiro atoms. The Morgan fingerprint density at radius 2 is 1.84 bits per heavy atom. The number of anilines is 3. The predicted molar refractivity (Wildman–Crippen MR) is 174 cm³/mol. The maximum Gasteiger partial charge on any atom is 0.302 e. The smallest absolute Gasteiger partial charge is 0.302 e. The van der Waals surface area contributed by atoms with Gasteiger partial charge in [-0.2, -0.15) is 4.98 Å². The number of hydrogen-bond acceptors (Lipinski definition) is 8. The molecule has 0 saturated heterocycles. The molecular weight excluding hydrogens is 574 g/mol. The molecule has 1 aliphatic heterocycles. The predicted octanol–water partition coefficient (Wildman–Crippen LogP) is 6.33. The maximum atomic E-state index is 13.2. The molecule has 10 heteroatoms. The first-order valence-corrected chi connectivity index (χ1v) is 17.2. The summed E-state index contributed by atoms with van der Waals surface area (Å²) in [6.45, 7) is 4.04. The first kappa shape index (κ1) is 31.7. The minimum atomic E-state index is -3.75. The molecule has 1 unspecified atom stereocenters. The van der Waals surface area contributed by atoms with Crippen molar-refractivity contribution in [2.24, 2.45) is 0 Å². The maximum absolute atomic E-state index is 13.2. The lowest BCUT2D eigenvalue weighted by Crippen LogP contribution is -2.23. The number of nitrogens with zero attached hydrogens (tertiary/aromatic N) is 3. The van der Waals surface area contributed by atoms with Crippen molar-refractivity contribution < 1.29 is 17.9 Å². The number of aliphatic hydroxyl groups is 1. The SMILES string of the molecule is CCCCCCCCc1coc(N2CCc3cc(S(=O)(=O)Nc4ccc(CCNCC(O)c5cccnc5)cc4)ccc32)n1. The third kappa shape index (κ3) is 8.46. The summed E-state index contributed by atoms with van der Waals surface area (Å²) >= 11 is 0. The second-order valence-corrected chi connectivity index (χ2v) is 13.1. The van der Waals surface area contributed by atoms with Crippen LogP contribution in [0.4, 0.5) is 17.4 Å². The Kier molecular flexibility index (Phi) is 11.0. The topological polar surface area (TPSA) is 121 Å². The van der Waals surface area contributed by atoms with E-state index in [2.05, 4.69) is 21.9 Å². The van der Waals surface area contributed by atoms with Crippen molar-refractivity contribution >= 4 is 27.4 Å². The molecule has 0 bridgehead atoms. The van der Waals surface area contributed by atoms with Gasteiger partial charge in [0, 0.05) is 42.4 Å². The van der Waals surface area contributed by atoms with Crippen molar-refractivity contribution in [2.45, 2.75) is 75.7 Å². The lowest BCUT2D eigenvalue weighted by atomic mass is 10.1.